The molecule has 1 fully saturated rings. The zero-order chi connectivity index (χ0) is 14.8. The van der Waals surface area contributed by atoms with Gasteiger partial charge in [-0.15, -0.1) is 0 Å². The summed E-state index contributed by atoms with van der Waals surface area (Å²) in [5, 5.41) is 13.1. The number of benzene rings is 1. The molecule has 0 radical (unpaired) electrons. The standard InChI is InChI=1S/C14H17ClN2O2S/c15-9-4-5-10(11(18)8-9)12(19)17-14(13(16)20)6-2-1-3-7-14/h4-5,8,18H,1-3,6-7H2,(H2,16,20)(H,17,19). The molecule has 1 saturated carbocycles. The lowest BCUT2D eigenvalue weighted by molar-refractivity contribution is 0.0906. The van der Waals surface area contributed by atoms with Crippen LogP contribution in [0.25, 0.3) is 0 Å². The summed E-state index contributed by atoms with van der Waals surface area (Å²) in [5.74, 6) is -0.530. The fourth-order valence-electron chi connectivity index (χ4n) is 2.57. The van der Waals surface area contributed by atoms with Crippen LogP contribution in [0, 0.1) is 0 Å². The monoisotopic (exact) mass is 312 g/mol. The van der Waals surface area contributed by atoms with E-state index in [4.69, 9.17) is 29.6 Å². The molecule has 1 aromatic carbocycles. The Labute approximate surface area is 128 Å². The Morgan fingerprint density at radius 3 is 2.55 bits per heavy atom. The maximum atomic E-state index is 12.3. The van der Waals surface area contributed by atoms with E-state index in [1.165, 1.54) is 12.1 Å². The lowest BCUT2D eigenvalue weighted by Crippen LogP contribution is -2.57. The molecule has 108 valence electrons. The molecule has 0 spiro atoms. The van der Waals surface area contributed by atoms with Gasteiger partial charge < -0.3 is 16.2 Å². The number of hydrogen-bond donors (Lipinski definition) is 3. The number of hydrogen-bond acceptors (Lipinski definition) is 3. The second kappa shape index (κ2) is 5.97. The molecule has 6 heteroatoms. The normalized spacial score (nSPS) is 17.4. The van der Waals surface area contributed by atoms with Gasteiger partial charge in [-0.25, -0.2) is 0 Å². The summed E-state index contributed by atoms with van der Waals surface area (Å²) in [7, 11) is 0. The highest BCUT2D eigenvalue weighted by molar-refractivity contribution is 7.80. The maximum absolute atomic E-state index is 12.3. The van der Waals surface area contributed by atoms with Crippen molar-refractivity contribution < 1.29 is 9.90 Å². The number of nitrogens with two attached hydrogens (primary N) is 1. The van der Waals surface area contributed by atoms with E-state index in [2.05, 4.69) is 5.32 Å². The summed E-state index contributed by atoms with van der Waals surface area (Å²) in [4.78, 5) is 12.6. The van der Waals surface area contributed by atoms with Gasteiger partial charge in [0.25, 0.3) is 5.91 Å². The molecular weight excluding hydrogens is 296 g/mol. The van der Waals surface area contributed by atoms with Crippen LogP contribution < -0.4 is 11.1 Å². The van der Waals surface area contributed by atoms with Crippen LogP contribution >= 0.6 is 23.8 Å². The molecule has 0 atom stereocenters. The molecule has 0 heterocycles. The van der Waals surface area contributed by atoms with Crippen LogP contribution in [-0.4, -0.2) is 21.5 Å². The maximum Gasteiger partial charge on any atom is 0.255 e. The third-order valence-electron chi connectivity index (χ3n) is 3.74. The van der Waals surface area contributed by atoms with Gasteiger partial charge in [-0.1, -0.05) is 43.1 Å². The Morgan fingerprint density at radius 2 is 2.00 bits per heavy atom. The molecule has 1 amide bonds. The first kappa shape index (κ1) is 15.1. The van der Waals surface area contributed by atoms with Crippen LogP contribution in [0.2, 0.25) is 5.02 Å². The van der Waals surface area contributed by atoms with E-state index >= 15 is 0 Å². The minimum atomic E-state index is -0.642. The van der Waals surface area contributed by atoms with Gasteiger partial charge >= 0.3 is 0 Å². The number of carbonyl (C=O) groups excluding carboxylic acids is 1. The molecule has 1 aliphatic rings. The smallest absolute Gasteiger partial charge is 0.255 e. The highest BCUT2D eigenvalue weighted by Gasteiger charge is 2.37. The second-order valence-electron chi connectivity index (χ2n) is 5.12. The first-order valence-electron chi connectivity index (χ1n) is 6.55. The number of aromatic hydroxyl groups is 1. The van der Waals surface area contributed by atoms with Crippen LogP contribution in [0.5, 0.6) is 5.75 Å². The molecule has 0 aliphatic heterocycles. The summed E-state index contributed by atoms with van der Waals surface area (Å²) >= 11 is 10.9. The number of amides is 1. The summed E-state index contributed by atoms with van der Waals surface area (Å²) in [6, 6.07) is 4.39. The highest BCUT2D eigenvalue weighted by Crippen LogP contribution is 2.30. The number of rotatable bonds is 3. The third kappa shape index (κ3) is 3.04. The molecule has 4 nitrogen and oxygen atoms in total. The first-order chi connectivity index (χ1) is 9.44. The number of carbonyl (C=O) groups is 1. The van der Waals surface area contributed by atoms with Gasteiger partial charge in [0.05, 0.1) is 16.1 Å². The third-order valence-corrected chi connectivity index (χ3v) is 4.36. The van der Waals surface area contributed by atoms with Crippen molar-refractivity contribution in [2.45, 2.75) is 37.6 Å². The van der Waals surface area contributed by atoms with Crippen LogP contribution in [0.4, 0.5) is 0 Å². The molecule has 0 aromatic heterocycles. The molecule has 0 unspecified atom stereocenters. The molecule has 1 aromatic rings. The summed E-state index contributed by atoms with van der Waals surface area (Å²) < 4.78 is 0. The van der Waals surface area contributed by atoms with Crippen molar-refractivity contribution in [2.24, 2.45) is 5.73 Å². The minimum Gasteiger partial charge on any atom is -0.507 e. The lowest BCUT2D eigenvalue weighted by Gasteiger charge is -2.37. The van der Waals surface area contributed by atoms with Gasteiger partial charge in [0.2, 0.25) is 0 Å². The first-order valence-corrected chi connectivity index (χ1v) is 7.34. The number of thiocarbonyl (C=S) groups is 1. The largest absolute Gasteiger partial charge is 0.507 e. The lowest BCUT2D eigenvalue weighted by atomic mass is 9.81. The van der Waals surface area contributed by atoms with Gasteiger partial charge in [-0.3, -0.25) is 4.79 Å². The van der Waals surface area contributed by atoms with Crippen molar-refractivity contribution in [1.29, 1.82) is 0 Å². The summed E-state index contributed by atoms with van der Waals surface area (Å²) in [6.07, 6.45) is 4.55. The Kier molecular flexibility index (Phi) is 4.50. The fourth-order valence-corrected chi connectivity index (χ4v) is 2.99. The van der Waals surface area contributed by atoms with Gasteiger partial charge in [0.1, 0.15) is 5.75 Å². The molecule has 2 rings (SSSR count). The molecule has 1 aliphatic carbocycles. The minimum absolute atomic E-state index is 0.149. The summed E-state index contributed by atoms with van der Waals surface area (Å²) in [5.41, 5.74) is 5.36. The van der Waals surface area contributed by atoms with Crippen LogP contribution in [-0.2, 0) is 0 Å². The van der Waals surface area contributed by atoms with E-state index in [0.29, 0.717) is 10.0 Å². The van der Waals surface area contributed by atoms with Crippen LogP contribution in [0.15, 0.2) is 18.2 Å². The Morgan fingerprint density at radius 1 is 1.35 bits per heavy atom. The average Bonchev–Trinajstić information content (AvgIpc) is 2.39. The quantitative estimate of drug-likeness (QED) is 0.750. The van der Waals surface area contributed by atoms with Gasteiger partial charge in [0, 0.05) is 5.02 Å². The van der Waals surface area contributed by atoms with Crippen molar-refractivity contribution in [2.75, 3.05) is 0 Å². The Bertz CT molecular complexity index is 542. The molecular formula is C14H17ClN2O2S. The topological polar surface area (TPSA) is 75.3 Å². The van der Waals surface area contributed by atoms with Crippen molar-refractivity contribution in [3.05, 3.63) is 28.8 Å². The number of halogens is 1. The van der Waals surface area contributed by atoms with Crippen LogP contribution in [0.3, 0.4) is 0 Å². The molecule has 0 saturated heterocycles. The van der Waals surface area contributed by atoms with Gasteiger partial charge in [0.15, 0.2) is 0 Å². The van der Waals surface area contributed by atoms with E-state index in [1.54, 1.807) is 6.07 Å². The predicted octanol–water partition coefficient (Wildman–Crippen LogP) is 2.76. The van der Waals surface area contributed by atoms with Crippen molar-refractivity contribution >= 4 is 34.7 Å². The van der Waals surface area contributed by atoms with E-state index < -0.39 is 5.54 Å². The van der Waals surface area contributed by atoms with Gasteiger partial charge in [-0.05, 0) is 31.0 Å². The highest BCUT2D eigenvalue weighted by atomic mass is 35.5. The number of nitrogens with one attached hydrogen (secondary N) is 1. The second-order valence-corrected chi connectivity index (χ2v) is 6.00. The molecule has 0 bridgehead atoms. The van der Waals surface area contributed by atoms with E-state index in [1.807, 2.05) is 0 Å². The zero-order valence-corrected chi connectivity index (χ0v) is 12.6. The average molecular weight is 313 g/mol. The number of phenols is 1. The Balaban J connectivity index is 2.22. The number of phenolic OH excluding ortho intramolecular Hbond substituents is 1. The van der Waals surface area contributed by atoms with Gasteiger partial charge in [-0.2, -0.15) is 0 Å². The predicted molar refractivity (Wildman–Crippen MR) is 83.2 cm³/mol. The van der Waals surface area contributed by atoms with Crippen molar-refractivity contribution in [3.8, 4) is 5.75 Å². The van der Waals surface area contributed by atoms with Crippen molar-refractivity contribution in [3.63, 3.8) is 0 Å². The van der Waals surface area contributed by atoms with Crippen molar-refractivity contribution in [1.82, 2.24) is 5.32 Å². The molecule has 4 N–H and O–H groups in total. The van der Waals surface area contributed by atoms with Crippen LogP contribution in [0.1, 0.15) is 42.5 Å². The SMILES string of the molecule is NC(=S)C1(NC(=O)c2ccc(Cl)cc2O)CCCCC1. The zero-order valence-electron chi connectivity index (χ0n) is 11.0. The summed E-state index contributed by atoms with van der Waals surface area (Å²) in [6.45, 7) is 0. The fraction of sp³-hybridized carbons (Fsp3) is 0.429. The van der Waals surface area contributed by atoms with E-state index in [9.17, 15) is 9.90 Å². The van der Waals surface area contributed by atoms with E-state index in [-0.39, 0.29) is 17.2 Å². The van der Waals surface area contributed by atoms with E-state index in [0.717, 1.165) is 32.1 Å². The Hall–Kier alpha value is -1.33. The molecule has 20 heavy (non-hydrogen) atoms.